The fraction of sp³-hybridized carbons (Fsp3) is 0.882. The van der Waals surface area contributed by atoms with Crippen LogP contribution >= 0.6 is 0 Å². The van der Waals surface area contributed by atoms with Crippen molar-refractivity contribution in [3.63, 3.8) is 0 Å². The zero-order valence-corrected chi connectivity index (χ0v) is 13.4. The van der Waals surface area contributed by atoms with Crippen LogP contribution in [0, 0.1) is 5.41 Å². The van der Waals surface area contributed by atoms with E-state index in [4.69, 9.17) is 0 Å². The van der Waals surface area contributed by atoms with E-state index in [1.54, 1.807) is 0 Å². The van der Waals surface area contributed by atoms with Crippen LogP contribution in [0.1, 0.15) is 91.9 Å². The fourth-order valence-corrected chi connectivity index (χ4v) is 2.12. The Hall–Kier alpha value is -0.660. The van der Waals surface area contributed by atoms with Crippen molar-refractivity contribution in [3.05, 3.63) is 0 Å². The highest BCUT2D eigenvalue weighted by atomic mass is 16.1. The summed E-state index contributed by atoms with van der Waals surface area (Å²) in [5, 5.41) is 0. The summed E-state index contributed by atoms with van der Waals surface area (Å²) in [5.74, 6) is 0.654. The third kappa shape index (κ3) is 13.6. The summed E-state index contributed by atoms with van der Waals surface area (Å²) in [6.45, 7) is 8.74. The number of carbonyl (C=O) groups excluding carboxylic acids is 2. The smallest absolute Gasteiger partial charge is 0.132 e. The molecule has 0 heterocycles. The van der Waals surface area contributed by atoms with Gasteiger partial charge in [0, 0.05) is 25.7 Å². The Morgan fingerprint density at radius 3 is 1.68 bits per heavy atom. The maximum atomic E-state index is 11.7. The molecule has 0 aliphatic rings. The van der Waals surface area contributed by atoms with E-state index in [0.29, 0.717) is 42.7 Å². The molecule has 0 aliphatic carbocycles. The predicted octanol–water partition coefficient (Wildman–Crippen LogP) is 5.09. The predicted molar refractivity (Wildman–Crippen MR) is 81.3 cm³/mol. The van der Waals surface area contributed by atoms with Crippen molar-refractivity contribution in [1.29, 1.82) is 0 Å². The fourth-order valence-electron chi connectivity index (χ4n) is 2.12. The molecule has 112 valence electrons. The molecule has 0 bridgehead atoms. The van der Waals surface area contributed by atoms with Crippen molar-refractivity contribution in [2.24, 2.45) is 5.41 Å². The van der Waals surface area contributed by atoms with E-state index >= 15 is 0 Å². The molecule has 0 aliphatic heterocycles. The van der Waals surface area contributed by atoms with E-state index in [1.165, 1.54) is 0 Å². The zero-order valence-electron chi connectivity index (χ0n) is 13.4. The van der Waals surface area contributed by atoms with Gasteiger partial charge in [-0.15, -0.1) is 0 Å². The molecule has 0 amide bonds. The normalized spacial score (nSPS) is 11.6. The lowest BCUT2D eigenvalue weighted by atomic mass is 9.89. The molecule has 0 saturated heterocycles. The summed E-state index contributed by atoms with van der Waals surface area (Å²) >= 11 is 0. The summed E-state index contributed by atoms with van der Waals surface area (Å²) in [6.07, 6.45) is 8.68. The minimum atomic E-state index is 0.315. The second kappa shape index (κ2) is 10.2. The van der Waals surface area contributed by atoms with Gasteiger partial charge in [0.05, 0.1) is 0 Å². The Morgan fingerprint density at radius 2 is 1.21 bits per heavy atom. The molecule has 0 atom stereocenters. The van der Waals surface area contributed by atoms with Gasteiger partial charge < -0.3 is 0 Å². The molecule has 0 N–H and O–H groups in total. The standard InChI is InChI=1S/C17H32O2/c1-5-6-7-10-15(18)11-8-12-16(19)13-9-14-17(2,3)4/h5-14H2,1-4H3. The highest BCUT2D eigenvalue weighted by Gasteiger charge is 2.11. The first-order valence-corrected chi connectivity index (χ1v) is 7.88. The molecule has 0 aromatic heterocycles. The van der Waals surface area contributed by atoms with Crippen LogP contribution in [-0.4, -0.2) is 11.6 Å². The Balaban J connectivity index is 3.50. The molecule has 0 rings (SSSR count). The van der Waals surface area contributed by atoms with E-state index in [-0.39, 0.29) is 0 Å². The van der Waals surface area contributed by atoms with E-state index in [0.717, 1.165) is 38.5 Å². The lowest BCUT2D eigenvalue weighted by Gasteiger charge is -2.17. The van der Waals surface area contributed by atoms with Crippen molar-refractivity contribution < 1.29 is 9.59 Å². The van der Waals surface area contributed by atoms with Gasteiger partial charge in [-0.2, -0.15) is 0 Å². The highest BCUT2D eigenvalue weighted by molar-refractivity contribution is 5.81. The van der Waals surface area contributed by atoms with E-state index in [9.17, 15) is 9.59 Å². The largest absolute Gasteiger partial charge is 0.300 e. The summed E-state index contributed by atoms with van der Waals surface area (Å²) < 4.78 is 0. The minimum Gasteiger partial charge on any atom is -0.300 e. The molecular weight excluding hydrogens is 236 g/mol. The van der Waals surface area contributed by atoms with Crippen molar-refractivity contribution in [2.75, 3.05) is 0 Å². The summed E-state index contributed by atoms with van der Waals surface area (Å²) in [4.78, 5) is 23.2. The third-order valence-corrected chi connectivity index (χ3v) is 3.35. The van der Waals surface area contributed by atoms with Gasteiger partial charge in [0.1, 0.15) is 11.6 Å². The number of carbonyl (C=O) groups is 2. The highest BCUT2D eigenvalue weighted by Crippen LogP contribution is 2.21. The van der Waals surface area contributed by atoms with Crippen molar-refractivity contribution >= 4 is 11.6 Å². The maximum Gasteiger partial charge on any atom is 0.132 e. The van der Waals surface area contributed by atoms with Gasteiger partial charge in [-0.3, -0.25) is 9.59 Å². The number of unbranched alkanes of at least 4 members (excludes halogenated alkanes) is 2. The molecule has 0 spiro atoms. The van der Waals surface area contributed by atoms with Crippen LogP contribution in [0.4, 0.5) is 0 Å². The number of rotatable bonds is 11. The molecule has 2 nitrogen and oxygen atoms in total. The zero-order chi connectivity index (χ0) is 14.7. The lowest BCUT2D eigenvalue weighted by molar-refractivity contribution is -0.120. The average molecular weight is 268 g/mol. The van der Waals surface area contributed by atoms with Gasteiger partial charge in [0.2, 0.25) is 0 Å². The molecular formula is C17H32O2. The number of Topliss-reactive ketones (excluding diaryl/α,β-unsaturated/α-hetero) is 2. The van der Waals surface area contributed by atoms with Crippen LogP contribution in [0.15, 0.2) is 0 Å². The van der Waals surface area contributed by atoms with Crippen LogP contribution in [0.5, 0.6) is 0 Å². The Bertz CT molecular complexity index is 261. The van der Waals surface area contributed by atoms with E-state index < -0.39 is 0 Å². The number of ketones is 2. The maximum absolute atomic E-state index is 11.7. The molecule has 0 saturated carbocycles. The molecule has 19 heavy (non-hydrogen) atoms. The van der Waals surface area contributed by atoms with Gasteiger partial charge in [-0.05, 0) is 31.1 Å². The molecule has 0 fully saturated rings. The van der Waals surface area contributed by atoms with Gasteiger partial charge in [0.25, 0.3) is 0 Å². The monoisotopic (exact) mass is 268 g/mol. The minimum absolute atomic E-state index is 0.315. The summed E-state index contributed by atoms with van der Waals surface area (Å²) in [6, 6.07) is 0. The molecule has 0 aromatic rings. The lowest BCUT2D eigenvalue weighted by Crippen LogP contribution is -2.07. The molecule has 0 unspecified atom stereocenters. The van der Waals surface area contributed by atoms with Crippen LogP contribution in [-0.2, 0) is 9.59 Å². The number of hydrogen-bond donors (Lipinski definition) is 0. The van der Waals surface area contributed by atoms with Crippen LogP contribution in [0.3, 0.4) is 0 Å². The topological polar surface area (TPSA) is 34.1 Å². The summed E-state index contributed by atoms with van der Waals surface area (Å²) in [7, 11) is 0. The van der Waals surface area contributed by atoms with Crippen LogP contribution in [0.25, 0.3) is 0 Å². The Kier molecular flexibility index (Phi) is 9.81. The SMILES string of the molecule is CCCCCC(=O)CCCC(=O)CCCC(C)(C)C. The van der Waals surface area contributed by atoms with Gasteiger partial charge in [-0.25, -0.2) is 0 Å². The Morgan fingerprint density at radius 1 is 0.737 bits per heavy atom. The number of hydrogen-bond acceptors (Lipinski definition) is 2. The van der Waals surface area contributed by atoms with Crippen molar-refractivity contribution in [3.8, 4) is 0 Å². The van der Waals surface area contributed by atoms with Gasteiger partial charge >= 0.3 is 0 Å². The second-order valence-corrected chi connectivity index (χ2v) is 6.80. The molecule has 0 aromatic carbocycles. The van der Waals surface area contributed by atoms with Crippen molar-refractivity contribution in [2.45, 2.75) is 91.9 Å². The van der Waals surface area contributed by atoms with Crippen LogP contribution < -0.4 is 0 Å². The first-order valence-electron chi connectivity index (χ1n) is 7.88. The summed E-state index contributed by atoms with van der Waals surface area (Å²) in [5.41, 5.74) is 0.315. The molecule has 0 radical (unpaired) electrons. The first-order chi connectivity index (χ1) is 8.85. The van der Waals surface area contributed by atoms with E-state index in [2.05, 4.69) is 27.7 Å². The Labute approximate surface area is 119 Å². The second-order valence-electron chi connectivity index (χ2n) is 6.80. The van der Waals surface area contributed by atoms with Crippen molar-refractivity contribution in [1.82, 2.24) is 0 Å². The quantitative estimate of drug-likeness (QED) is 0.489. The van der Waals surface area contributed by atoms with Gasteiger partial charge in [0.15, 0.2) is 0 Å². The third-order valence-electron chi connectivity index (χ3n) is 3.35. The van der Waals surface area contributed by atoms with E-state index in [1.807, 2.05) is 0 Å². The average Bonchev–Trinajstić information content (AvgIpc) is 2.27. The first kappa shape index (κ1) is 18.3. The molecule has 2 heteroatoms. The van der Waals surface area contributed by atoms with Gasteiger partial charge in [-0.1, -0.05) is 40.5 Å². The van der Waals surface area contributed by atoms with Crippen LogP contribution in [0.2, 0.25) is 0 Å².